The predicted molar refractivity (Wildman–Crippen MR) is 92.6 cm³/mol. The lowest BCUT2D eigenvalue weighted by molar-refractivity contribution is 0.0780. The number of hydrogen-bond donors (Lipinski definition) is 1. The second-order valence-electron chi connectivity index (χ2n) is 6.83. The first kappa shape index (κ1) is 17.5. The Morgan fingerprint density at radius 2 is 2.04 bits per heavy atom. The number of rotatable bonds is 7. The third kappa shape index (κ3) is 4.85. The monoisotopic (exact) mass is 343 g/mol. The molecule has 0 saturated heterocycles. The molecule has 2 aromatic rings. The highest BCUT2D eigenvalue weighted by Crippen LogP contribution is 2.28. The van der Waals surface area contributed by atoms with Crippen LogP contribution in [0.25, 0.3) is 0 Å². The second kappa shape index (κ2) is 8.20. The van der Waals surface area contributed by atoms with Crippen molar-refractivity contribution < 1.29 is 9.90 Å². The lowest BCUT2D eigenvalue weighted by Crippen LogP contribution is -2.27. The van der Waals surface area contributed by atoms with Crippen LogP contribution in [-0.2, 0) is 13.1 Å². The summed E-state index contributed by atoms with van der Waals surface area (Å²) in [6.45, 7) is 0.631. The van der Waals surface area contributed by atoms with Crippen molar-refractivity contribution in [3.05, 3.63) is 41.7 Å². The second-order valence-corrected chi connectivity index (χ2v) is 6.83. The Hall–Kier alpha value is -2.28. The number of aliphatic hydroxyl groups excluding tert-OH is 1. The highest BCUT2D eigenvalue weighted by atomic mass is 16.3. The van der Waals surface area contributed by atoms with Crippen LogP contribution in [0.15, 0.2) is 30.3 Å². The SMILES string of the molecule is CN(Cc1nnn(CC(O)CC2CCCC2)n1)C(=O)c1ccccc1. The fourth-order valence-electron chi connectivity index (χ4n) is 3.40. The third-order valence-electron chi connectivity index (χ3n) is 4.69. The summed E-state index contributed by atoms with van der Waals surface area (Å²) in [5, 5.41) is 22.5. The van der Waals surface area contributed by atoms with Crippen LogP contribution in [0.1, 0.15) is 48.3 Å². The highest BCUT2D eigenvalue weighted by molar-refractivity contribution is 5.93. The average Bonchev–Trinajstić information content (AvgIpc) is 3.27. The Bertz CT molecular complexity index is 682. The molecule has 1 aliphatic carbocycles. The molecule has 3 rings (SSSR count). The molecule has 0 radical (unpaired) electrons. The van der Waals surface area contributed by atoms with Crippen LogP contribution in [-0.4, -0.2) is 49.3 Å². The van der Waals surface area contributed by atoms with Gasteiger partial charge in [0.1, 0.15) is 0 Å². The van der Waals surface area contributed by atoms with Gasteiger partial charge < -0.3 is 10.0 Å². The zero-order valence-corrected chi connectivity index (χ0v) is 14.6. The van der Waals surface area contributed by atoms with E-state index in [0.717, 1.165) is 6.42 Å². The maximum Gasteiger partial charge on any atom is 0.254 e. The Labute approximate surface area is 147 Å². The summed E-state index contributed by atoms with van der Waals surface area (Å²) >= 11 is 0. The molecule has 1 aliphatic rings. The van der Waals surface area contributed by atoms with Gasteiger partial charge in [-0.25, -0.2) is 0 Å². The summed E-state index contributed by atoms with van der Waals surface area (Å²) in [6.07, 6.45) is 5.30. The first-order valence-corrected chi connectivity index (χ1v) is 8.87. The molecule has 1 amide bonds. The minimum atomic E-state index is -0.450. The van der Waals surface area contributed by atoms with E-state index in [4.69, 9.17) is 0 Å². The van der Waals surface area contributed by atoms with E-state index in [1.165, 1.54) is 30.5 Å². The van der Waals surface area contributed by atoms with Gasteiger partial charge in [-0.05, 0) is 29.7 Å². The molecule has 7 nitrogen and oxygen atoms in total. The molecule has 1 N–H and O–H groups in total. The van der Waals surface area contributed by atoms with Crippen molar-refractivity contribution >= 4 is 5.91 Å². The maximum atomic E-state index is 12.3. The standard InChI is InChI=1S/C18H25N5O2/c1-22(18(25)15-9-3-2-4-10-15)13-17-19-21-23(20-17)12-16(24)11-14-7-5-6-8-14/h2-4,9-10,14,16,24H,5-8,11-13H2,1H3. The Kier molecular flexibility index (Phi) is 5.75. The van der Waals surface area contributed by atoms with E-state index in [-0.39, 0.29) is 12.5 Å². The molecular formula is C18H25N5O2. The van der Waals surface area contributed by atoms with E-state index >= 15 is 0 Å². The number of amides is 1. The molecular weight excluding hydrogens is 318 g/mol. The fourth-order valence-corrected chi connectivity index (χ4v) is 3.40. The number of carbonyl (C=O) groups excluding carboxylic acids is 1. The molecule has 0 spiro atoms. The number of nitrogens with zero attached hydrogens (tertiary/aromatic N) is 5. The van der Waals surface area contributed by atoms with Crippen molar-refractivity contribution in [3.8, 4) is 0 Å². The minimum absolute atomic E-state index is 0.0850. The van der Waals surface area contributed by atoms with E-state index in [0.29, 0.717) is 23.9 Å². The van der Waals surface area contributed by atoms with Crippen LogP contribution in [0.4, 0.5) is 0 Å². The normalized spacial score (nSPS) is 16.1. The largest absolute Gasteiger partial charge is 0.391 e. The Morgan fingerprint density at radius 1 is 1.32 bits per heavy atom. The minimum Gasteiger partial charge on any atom is -0.391 e. The maximum absolute atomic E-state index is 12.3. The van der Waals surface area contributed by atoms with Gasteiger partial charge in [-0.3, -0.25) is 4.79 Å². The molecule has 7 heteroatoms. The molecule has 134 valence electrons. The van der Waals surface area contributed by atoms with Gasteiger partial charge in [-0.1, -0.05) is 43.9 Å². The van der Waals surface area contributed by atoms with E-state index in [1.807, 2.05) is 18.2 Å². The molecule has 1 aromatic carbocycles. The fraction of sp³-hybridized carbons (Fsp3) is 0.556. The topological polar surface area (TPSA) is 84.1 Å². The van der Waals surface area contributed by atoms with E-state index in [1.54, 1.807) is 24.1 Å². The number of benzene rings is 1. The quantitative estimate of drug-likeness (QED) is 0.830. The van der Waals surface area contributed by atoms with Crippen molar-refractivity contribution in [1.82, 2.24) is 25.1 Å². The van der Waals surface area contributed by atoms with Gasteiger partial charge in [0, 0.05) is 12.6 Å². The molecule has 1 atom stereocenters. The molecule has 1 saturated carbocycles. The number of aliphatic hydroxyl groups is 1. The van der Waals surface area contributed by atoms with Crippen LogP contribution in [0.2, 0.25) is 0 Å². The van der Waals surface area contributed by atoms with E-state index in [2.05, 4.69) is 15.4 Å². The van der Waals surface area contributed by atoms with Gasteiger partial charge in [-0.2, -0.15) is 4.80 Å². The van der Waals surface area contributed by atoms with Gasteiger partial charge in [0.25, 0.3) is 5.91 Å². The van der Waals surface area contributed by atoms with Gasteiger partial charge in [0.05, 0.1) is 19.2 Å². The van der Waals surface area contributed by atoms with Crippen molar-refractivity contribution in [3.63, 3.8) is 0 Å². The Morgan fingerprint density at radius 3 is 2.76 bits per heavy atom. The van der Waals surface area contributed by atoms with Crippen molar-refractivity contribution in [2.24, 2.45) is 5.92 Å². The molecule has 1 fully saturated rings. The molecule has 0 aliphatic heterocycles. The molecule has 0 bridgehead atoms. The molecule has 1 unspecified atom stereocenters. The summed E-state index contributed by atoms with van der Waals surface area (Å²) in [6, 6.07) is 9.11. The van der Waals surface area contributed by atoms with E-state index < -0.39 is 6.10 Å². The van der Waals surface area contributed by atoms with Gasteiger partial charge in [0.2, 0.25) is 0 Å². The molecule has 1 heterocycles. The number of hydrogen-bond acceptors (Lipinski definition) is 5. The first-order valence-electron chi connectivity index (χ1n) is 8.87. The summed E-state index contributed by atoms with van der Waals surface area (Å²) in [7, 11) is 1.71. The summed E-state index contributed by atoms with van der Waals surface area (Å²) in [5.41, 5.74) is 0.629. The number of aromatic nitrogens is 4. The summed E-state index contributed by atoms with van der Waals surface area (Å²) in [4.78, 5) is 15.3. The van der Waals surface area contributed by atoms with Crippen molar-refractivity contribution in [2.45, 2.75) is 51.3 Å². The first-order chi connectivity index (χ1) is 12.1. The van der Waals surface area contributed by atoms with Gasteiger partial charge >= 0.3 is 0 Å². The highest BCUT2D eigenvalue weighted by Gasteiger charge is 2.20. The van der Waals surface area contributed by atoms with Crippen molar-refractivity contribution in [1.29, 1.82) is 0 Å². The van der Waals surface area contributed by atoms with Crippen LogP contribution in [0, 0.1) is 5.92 Å². The van der Waals surface area contributed by atoms with Crippen LogP contribution >= 0.6 is 0 Å². The van der Waals surface area contributed by atoms with Crippen LogP contribution in [0.5, 0.6) is 0 Å². The summed E-state index contributed by atoms with van der Waals surface area (Å²) in [5.74, 6) is 1.01. The van der Waals surface area contributed by atoms with Crippen molar-refractivity contribution in [2.75, 3.05) is 7.05 Å². The number of carbonyl (C=O) groups is 1. The van der Waals surface area contributed by atoms with Crippen LogP contribution in [0.3, 0.4) is 0 Å². The van der Waals surface area contributed by atoms with Gasteiger partial charge in [0.15, 0.2) is 5.82 Å². The third-order valence-corrected chi connectivity index (χ3v) is 4.69. The lowest BCUT2D eigenvalue weighted by atomic mass is 10.0. The smallest absolute Gasteiger partial charge is 0.254 e. The summed E-state index contributed by atoms with van der Waals surface area (Å²) < 4.78 is 0. The lowest BCUT2D eigenvalue weighted by Gasteiger charge is -2.15. The zero-order valence-electron chi connectivity index (χ0n) is 14.6. The van der Waals surface area contributed by atoms with Gasteiger partial charge in [-0.15, -0.1) is 10.2 Å². The van der Waals surface area contributed by atoms with Crippen LogP contribution < -0.4 is 0 Å². The number of tetrazole rings is 1. The Balaban J connectivity index is 1.51. The van der Waals surface area contributed by atoms with E-state index in [9.17, 15) is 9.90 Å². The zero-order chi connectivity index (χ0) is 17.6. The molecule has 25 heavy (non-hydrogen) atoms. The molecule has 1 aromatic heterocycles. The average molecular weight is 343 g/mol. The predicted octanol–water partition coefficient (Wildman–Crippen LogP) is 1.89.